The molecule has 1 fully saturated rings. The highest BCUT2D eigenvalue weighted by Crippen LogP contribution is 2.31. The molecule has 0 amide bonds. The average molecular weight is 2060 g/mol. The van der Waals surface area contributed by atoms with Gasteiger partial charge in [-0.3, -0.25) is 33.6 Å². The molecule has 0 heterocycles. The first-order valence-electron chi connectivity index (χ1n) is 63.2. The van der Waals surface area contributed by atoms with E-state index in [2.05, 4.69) is 67.9 Å². The Balaban J connectivity index is 0. The molecule has 1 atom stereocenters. The summed E-state index contributed by atoms with van der Waals surface area (Å²) in [5.74, 6) is 0.540. The third kappa shape index (κ3) is 108. The number of nitrogens with zero attached hydrogens (tertiary/aromatic N) is 3. The van der Waals surface area contributed by atoms with E-state index in [1.54, 1.807) is 0 Å². The second-order valence-corrected chi connectivity index (χ2v) is 43.7. The van der Waals surface area contributed by atoms with E-state index in [0.29, 0.717) is 58.2 Å². The van der Waals surface area contributed by atoms with Gasteiger partial charge in [-0.2, -0.15) is 0 Å². The van der Waals surface area contributed by atoms with Gasteiger partial charge in [0.05, 0.1) is 46.2 Å². The summed E-state index contributed by atoms with van der Waals surface area (Å²) < 4.78 is 38.7. The van der Waals surface area contributed by atoms with Crippen LogP contribution in [0.15, 0.2) is 0 Å². The van der Waals surface area contributed by atoms with Crippen molar-refractivity contribution >= 4 is 41.8 Å². The van der Waals surface area contributed by atoms with Crippen molar-refractivity contribution in [2.24, 2.45) is 5.92 Å². The van der Waals surface area contributed by atoms with Crippen LogP contribution in [0.5, 0.6) is 0 Å². The van der Waals surface area contributed by atoms with Gasteiger partial charge in [0.25, 0.3) is 0 Å². The second-order valence-electron chi connectivity index (χ2n) is 43.7. The summed E-state index contributed by atoms with van der Waals surface area (Å²) in [5.41, 5.74) is 0. The first kappa shape index (κ1) is 143. The van der Waals surface area contributed by atoms with Crippen LogP contribution in [-0.2, 0) is 66.7 Å². The zero-order valence-electron chi connectivity index (χ0n) is 97.3. The number of ether oxygens (including phenoxy) is 7. The van der Waals surface area contributed by atoms with Gasteiger partial charge < -0.3 is 63.2 Å². The van der Waals surface area contributed by atoms with E-state index >= 15 is 0 Å². The van der Waals surface area contributed by atoms with Crippen LogP contribution in [0.25, 0.3) is 0 Å². The number of carbonyl (C=O) groups excluding carboxylic acids is 7. The quantitative estimate of drug-likeness (QED) is 0.0291. The number of aliphatic hydroxyl groups is 3. The van der Waals surface area contributed by atoms with E-state index in [1.165, 1.54) is 309 Å². The lowest BCUT2D eigenvalue weighted by Gasteiger charge is -2.28. The molecular weight excluding hydrogens is 1820 g/mol. The monoisotopic (exact) mass is 2060 g/mol. The Morgan fingerprint density at radius 3 is 0.731 bits per heavy atom. The number of aliphatic hydroxyl groups excluding tert-OH is 3. The minimum atomic E-state index is -0.170. The van der Waals surface area contributed by atoms with Crippen LogP contribution in [0.4, 0.5) is 0 Å². The van der Waals surface area contributed by atoms with Gasteiger partial charge in [-0.25, -0.2) is 0 Å². The average Bonchev–Trinajstić information content (AvgIpc) is 0.899. The summed E-state index contributed by atoms with van der Waals surface area (Å²) in [6, 6.07) is 0. The van der Waals surface area contributed by atoms with Crippen LogP contribution in [0.2, 0.25) is 0 Å². The van der Waals surface area contributed by atoms with Crippen molar-refractivity contribution in [1.82, 2.24) is 14.7 Å². The summed E-state index contributed by atoms with van der Waals surface area (Å²) in [6.45, 7) is 27.9. The number of rotatable bonds is 111. The number of methoxy groups -OCH3 is 1. The Morgan fingerprint density at radius 1 is 0.234 bits per heavy atom. The lowest BCUT2D eigenvalue weighted by atomic mass is 9.84. The van der Waals surface area contributed by atoms with E-state index in [-0.39, 0.29) is 86.0 Å². The van der Waals surface area contributed by atoms with E-state index in [4.69, 9.17) is 28.4 Å². The van der Waals surface area contributed by atoms with Gasteiger partial charge in [-0.05, 0) is 238 Å². The van der Waals surface area contributed by atoms with Crippen LogP contribution in [-0.4, -0.2) is 195 Å². The summed E-state index contributed by atoms with van der Waals surface area (Å²) in [5, 5.41) is 28.5. The molecule has 0 radical (unpaired) electrons. The van der Waals surface area contributed by atoms with Crippen LogP contribution in [0.3, 0.4) is 0 Å². The molecule has 0 aromatic heterocycles. The van der Waals surface area contributed by atoms with Gasteiger partial charge in [-0.1, -0.05) is 395 Å². The Hall–Kier alpha value is -3.95. The Morgan fingerprint density at radius 2 is 0.455 bits per heavy atom. The van der Waals surface area contributed by atoms with Crippen LogP contribution >= 0.6 is 0 Å². The van der Waals surface area contributed by atoms with Gasteiger partial charge in [0, 0.05) is 64.6 Å². The molecule has 0 aromatic rings. The third-order valence-electron chi connectivity index (χ3n) is 29.6. The highest BCUT2D eigenvalue weighted by atomic mass is 16.6. The van der Waals surface area contributed by atoms with Crippen molar-refractivity contribution in [2.75, 3.05) is 99.0 Å². The molecule has 1 aliphatic rings. The molecule has 145 heavy (non-hydrogen) atoms. The maximum atomic E-state index is 12.7. The lowest BCUT2D eigenvalue weighted by Crippen LogP contribution is -2.29. The molecule has 0 saturated heterocycles. The number of unbranched alkanes of at least 4 members (excludes halogenated alkanes) is 59. The second kappa shape index (κ2) is 117. The van der Waals surface area contributed by atoms with Gasteiger partial charge in [0.2, 0.25) is 0 Å². The molecule has 1 aliphatic carbocycles. The van der Waals surface area contributed by atoms with E-state index < -0.39 is 0 Å². The van der Waals surface area contributed by atoms with Gasteiger partial charge >= 0.3 is 41.8 Å². The van der Waals surface area contributed by atoms with Crippen LogP contribution in [0, 0.1) is 5.92 Å². The largest absolute Gasteiger partial charge is 0.469 e. The van der Waals surface area contributed by atoms with Crippen molar-refractivity contribution in [3.8, 4) is 0 Å². The SMILES string of the molecule is CCCCCCCCC(CCCCCCCC)OC(=O)CCCCCCCN(CCO)CCCCCCCC(=O)OC(C)CCCCCC(=O)OC.CCCCCCCCC(CCCCCCCC)OC(=O)CCCCCCCN(CCO)CCCCCCCCCC(=O)OCCCCCCC.CCCCCCCCCOC(=O)CCCCCCCN(CCO)CCCCCCCC(=O)OC1CCC(CCCC)CC1. The zero-order chi connectivity index (χ0) is 106. The number of hydrogen-bond donors (Lipinski definition) is 3. The fourth-order valence-electron chi connectivity index (χ4n) is 20.1. The lowest BCUT2D eigenvalue weighted by molar-refractivity contribution is -0.151. The van der Waals surface area contributed by atoms with Gasteiger partial charge in [-0.15, -0.1) is 0 Å². The standard InChI is InChI=1S/C44H85NO7.C44H87NO5.C37H71NO5/c1-5-7-9-11-15-23-31-41(32-24-16-12-10-8-6-2)52-44(49)35-26-18-14-20-29-37-45(38-39-46)36-28-19-13-17-25-34-43(48)51-40(3)30-22-21-27-33-42(47)50-4;1-4-7-10-13-19-26-33-42(34-27-20-14-11-8-5-2)50-44(48)36-29-22-18-24-31-38-45(39-40-46)37-30-23-17-15-16-21-28-35-43(47)49-41-32-25-12-9-6-3;1-3-5-7-8-9-16-21-33-42-36(40)23-17-12-10-14-19-29-38(31-32-39)30-20-15-11-13-18-24-37(41)43-35-27-25-34(26-28-35)22-6-4-2/h40-41,46H,5-39H2,1-4H3;42,46H,4-41H2,1-3H3;34-35,39H,3-33H2,1-2H3. The molecule has 1 unspecified atom stereocenters. The molecular formula is C125H243N3O17. The number of hydrogen-bond acceptors (Lipinski definition) is 20. The van der Waals surface area contributed by atoms with Crippen molar-refractivity contribution < 1.29 is 82.0 Å². The Kier molecular flexibility index (Phi) is 116. The molecule has 1 rings (SSSR count). The molecule has 860 valence electrons. The fourth-order valence-corrected chi connectivity index (χ4v) is 20.1. The summed E-state index contributed by atoms with van der Waals surface area (Å²) in [6.07, 6.45) is 101. The molecule has 0 spiro atoms. The number of esters is 7. The Labute approximate surface area is 896 Å². The maximum Gasteiger partial charge on any atom is 0.306 e. The van der Waals surface area contributed by atoms with Gasteiger partial charge in [0.1, 0.15) is 18.3 Å². The first-order chi connectivity index (χ1) is 71.0. The van der Waals surface area contributed by atoms with Crippen LogP contribution < -0.4 is 0 Å². The van der Waals surface area contributed by atoms with Crippen molar-refractivity contribution in [3.05, 3.63) is 0 Å². The van der Waals surface area contributed by atoms with E-state index in [0.717, 1.165) is 296 Å². The molecule has 20 heteroatoms. The molecule has 3 N–H and O–H groups in total. The number of carbonyl (C=O) groups is 7. The Bertz CT molecular complexity index is 2670. The predicted octanol–water partition coefficient (Wildman–Crippen LogP) is 33.6. The first-order valence-corrected chi connectivity index (χ1v) is 63.2. The molecule has 0 aliphatic heterocycles. The molecule has 20 nitrogen and oxygen atoms in total. The minimum Gasteiger partial charge on any atom is -0.469 e. The zero-order valence-corrected chi connectivity index (χ0v) is 97.3. The van der Waals surface area contributed by atoms with Crippen LogP contribution in [0.1, 0.15) is 633 Å². The normalized spacial score (nSPS) is 13.3. The van der Waals surface area contributed by atoms with Crippen molar-refractivity contribution in [1.29, 1.82) is 0 Å². The summed E-state index contributed by atoms with van der Waals surface area (Å²) in [4.78, 5) is 91.9. The molecule has 0 bridgehead atoms. The van der Waals surface area contributed by atoms with E-state index in [9.17, 15) is 48.9 Å². The van der Waals surface area contributed by atoms with E-state index in [1.807, 2.05) is 6.92 Å². The highest BCUT2D eigenvalue weighted by Gasteiger charge is 2.25. The fraction of sp³-hybridized carbons (Fsp3) is 0.944. The smallest absolute Gasteiger partial charge is 0.306 e. The van der Waals surface area contributed by atoms with Crippen molar-refractivity contribution in [2.45, 2.75) is 658 Å². The van der Waals surface area contributed by atoms with Gasteiger partial charge in [0.15, 0.2) is 0 Å². The highest BCUT2D eigenvalue weighted by molar-refractivity contribution is 5.71. The summed E-state index contributed by atoms with van der Waals surface area (Å²) in [7, 11) is 1.41. The van der Waals surface area contributed by atoms with Crippen molar-refractivity contribution in [3.63, 3.8) is 0 Å². The topological polar surface area (TPSA) is 255 Å². The third-order valence-corrected chi connectivity index (χ3v) is 29.6. The summed E-state index contributed by atoms with van der Waals surface area (Å²) >= 11 is 0. The maximum absolute atomic E-state index is 12.7. The minimum absolute atomic E-state index is 0.00224. The molecule has 1 saturated carbocycles. The predicted molar refractivity (Wildman–Crippen MR) is 608 cm³/mol. The molecule has 0 aromatic carbocycles.